The van der Waals surface area contributed by atoms with Gasteiger partial charge < -0.3 is 10.7 Å². The third-order valence-electron chi connectivity index (χ3n) is 1.35. The van der Waals surface area contributed by atoms with Crippen molar-refractivity contribution in [2.75, 3.05) is 13.2 Å². The predicted octanol–water partition coefficient (Wildman–Crippen LogP) is 1.39. The van der Waals surface area contributed by atoms with E-state index in [4.69, 9.17) is 4.74 Å². The van der Waals surface area contributed by atoms with Crippen LogP contribution in [-0.4, -0.2) is 13.2 Å². The Balaban J connectivity index is 0.000000490. The van der Waals surface area contributed by atoms with Crippen molar-refractivity contribution in [2.45, 2.75) is 19.8 Å². The van der Waals surface area contributed by atoms with Gasteiger partial charge in [-0.05, 0) is 0 Å². The van der Waals surface area contributed by atoms with Crippen molar-refractivity contribution >= 4 is 0 Å². The molecule has 0 N–H and O–H groups in total. The van der Waals surface area contributed by atoms with Crippen molar-refractivity contribution in [3.63, 3.8) is 0 Å². The van der Waals surface area contributed by atoms with Gasteiger partial charge in [-0.3, -0.25) is 0 Å². The minimum Gasteiger partial charge on any atom is -0.387 e. The maximum Gasteiger partial charge on any atom is 0.0197 e. The summed E-state index contributed by atoms with van der Waals surface area (Å²) in [5.41, 5.74) is 0. The van der Waals surface area contributed by atoms with E-state index in [2.05, 4.69) is 6.92 Å². The Morgan fingerprint density at radius 2 is 1.75 bits per heavy atom. The van der Waals surface area contributed by atoms with Crippen molar-refractivity contribution in [3.05, 3.63) is 5.92 Å². The van der Waals surface area contributed by atoms with Gasteiger partial charge in [0.05, 0.1) is 0 Å². The molecular weight excluding hydrogens is 326 g/mol. The summed E-state index contributed by atoms with van der Waals surface area (Å²) in [5.74, 6) is 1.59. The van der Waals surface area contributed by atoms with Crippen molar-refractivity contribution in [1.82, 2.24) is 0 Å². The van der Waals surface area contributed by atoms with Crippen LogP contribution in [0, 0.1) is 37.0 Å². The molecule has 0 aliphatic carbocycles. The smallest absolute Gasteiger partial charge is 0.0197 e. The van der Waals surface area contributed by atoms with Crippen LogP contribution in [-0.2, 0) is 4.74 Å². The van der Waals surface area contributed by atoms with Gasteiger partial charge in [0.2, 0.25) is 0 Å². The Morgan fingerprint density at radius 3 is 2.00 bits per heavy atom. The first-order chi connectivity index (χ1) is 3.39. The second-order valence-electron chi connectivity index (χ2n) is 2.07. The normalized spacial score (nSPS) is 22.1. The van der Waals surface area contributed by atoms with E-state index in [-0.39, 0.29) is 31.1 Å². The van der Waals surface area contributed by atoms with Crippen LogP contribution in [0.15, 0.2) is 0 Å². The first-order valence-electron chi connectivity index (χ1n) is 2.78. The summed E-state index contributed by atoms with van der Waals surface area (Å²) in [6.45, 7) is 4.10. The molecule has 0 amide bonds. The van der Waals surface area contributed by atoms with Gasteiger partial charge in [0.15, 0.2) is 0 Å². The Morgan fingerprint density at radius 1 is 1.25 bits per heavy atom. The van der Waals surface area contributed by atoms with Crippen molar-refractivity contribution < 1.29 is 35.9 Å². The molecular formula is C6H11OU-. The van der Waals surface area contributed by atoms with E-state index in [1.54, 1.807) is 5.92 Å². The predicted molar refractivity (Wildman–Crippen MR) is 29.0 cm³/mol. The van der Waals surface area contributed by atoms with Gasteiger partial charge >= 0.3 is 0 Å². The second-order valence-corrected chi connectivity index (χ2v) is 2.07. The zero-order valence-electron chi connectivity index (χ0n) is 5.24. The third kappa shape index (κ3) is 3.12. The molecule has 1 heterocycles. The number of ether oxygens (including phenoxy) is 1. The molecule has 0 saturated carbocycles. The van der Waals surface area contributed by atoms with Crippen LogP contribution in [0.3, 0.4) is 0 Å². The summed E-state index contributed by atoms with van der Waals surface area (Å²) in [6.07, 6.45) is 2.36. The van der Waals surface area contributed by atoms with Gasteiger partial charge in [-0.15, -0.1) is 0 Å². The van der Waals surface area contributed by atoms with Crippen LogP contribution in [0.2, 0.25) is 0 Å². The summed E-state index contributed by atoms with van der Waals surface area (Å²) in [5, 5.41) is 0. The van der Waals surface area contributed by atoms with E-state index in [0.29, 0.717) is 0 Å². The molecule has 2 heteroatoms. The molecule has 0 aromatic carbocycles. The number of hydrogen-bond acceptors (Lipinski definition) is 1. The van der Waals surface area contributed by atoms with Crippen LogP contribution in [0.4, 0.5) is 0 Å². The Hall–Kier alpha value is 1.01. The van der Waals surface area contributed by atoms with E-state index >= 15 is 0 Å². The monoisotopic (exact) mass is 337 g/mol. The fraction of sp³-hybridized carbons (Fsp3) is 0.833. The number of hydrogen-bond donors (Lipinski definition) is 0. The summed E-state index contributed by atoms with van der Waals surface area (Å²) in [4.78, 5) is 0. The SMILES string of the molecule is C[C-]1CCOCC1.[U]. The van der Waals surface area contributed by atoms with Gasteiger partial charge in [0.1, 0.15) is 0 Å². The summed E-state index contributed by atoms with van der Waals surface area (Å²) < 4.78 is 5.12. The molecule has 1 aliphatic heterocycles. The van der Waals surface area contributed by atoms with Crippen LogP contribution in [0.25, 0.3) is 0 Å². The topological polar surface area (TPSA) is 9.23 Å². The van der Waals surface area contributed by atoms with Crippen LogP contribution >= 0.6 is 0 Å². The van der Waals surface area contributed by atoms with Crippen molar-refractivity contribution in [2.24, 2.45) is 0 Å². The molecule has 0 aromatic heterocycles. The number of rotatable bonds is 0. The molecule has 0 bridgehead atoms. The largest absolute Gasteiger partial charge is 0.387 e. The van der Waals surface area contributed by atoms with E-state index in [1.165, 1.54) is 12.8 Å². The molecule has 0 radical (unpaired) electrons. The third-order valence-corrected chi connectivity index (χ3v) is 1.35. The molecule has 8 heavy (non-hydrogen) atoms. The minimum atomic E-state index is 0. The van der Waals surface area contributed by atoms with Crippen molar-refractivity contribution in [3.8, 4) is 0 Å². The molecule has 1 fully saturated rings. The molecule has 1 saturated heterocycles. The molecule has 46 valence electrons. The van der Waals surface area contributed by atoms with Gasteiger partial charge in [-0.1, -0.05) is 0 Å². The average molecular weight is 337 g/mol. The maximum absolute atomic E-state index is 5.12. The molecule has 1 aliphatic rings. The minimum absolute atomic E-state index is 0. The Labute approximate surface area is 74.6 Å². The van der Waals surface area contributed by atoms with Crippen LogP contribution < -0.4 is 0 Å². The van der Waals surface area contributed by atoms with Gasteiger partial charge in [-0.25, -0.2) is 0 Å². The van der Waals surface area contributed by atoms with Gasteiger partial charge in [-0.2, -0.15) is 19.8 Å². The molecule has 1 rings (SSSR count). The van der Waals surface area contributed by atoms with Crippen LogP contribution in [0.1, 0.15) is 19.8 Å². The fourth-order valence-electron chi connectivity index (χ4n) is 0.720. The Bertz CT molecular complexity index is 50.5. The quantitative estimate of drug-likeness (QED) is 0.607. The molecule has 0 atom stereocenters. The van der Waals surface area contributed by atoms with E-state index in [0.717, 1.165) is 13.2 Å². The van der Waals surface area contributed by atoms with Gasteiger partial charge in [0.25, 0.3) is 0 Å². The summed E-state index contributed by atoms with van der Waals surface area (Å²) in [7, 11) is 0. The van der Waals surface area contributed by atoms with E-state index in [9.17, 15) is 0 Å². The second kappa shape index (κ2) is 4.85. The Kier molecular flexibility index (Phi) is 5.46. The summed E-state index contributed by atoms with van der Waals surface area (Å²) >= 11 is 0. The van der Waals surface area contributed by atoms with E-state index in [1.807, 2.05) is 0 Å². The molecule has 0 aromatic rings. The first-order valence-corrected chi connectivity index (χ1v) is 2.78. The molecule has 0 spiro atoms. The first kappa shape index (κ1) is 9.01. The maximum atomic E-state index is 5.12. The van der Waals surface area contributed by atoms with Crippen molar-refractivity contribution in [1.29, 1.82) is 0 Å². The van der Waals surface area contributed by atoms with E-state index < -0.39 is 0 Å². The molecule has 1 nitrogen and oxygen atoms in total. The fourth-order valence-corrected chi connectivity index (χ4v) is 0.720. The standard InChI is InChI=1S/C6H11O.U/c1-6-2-4-7-5-3-6;/h2-5H2,1H3;/q-1;. The molecule has 0 unspecified atom stereocenters. The van der Waals surface area contributed by atoms with Crippen LogP contribution in [0.5, 0.6) is 0 Å². The summed E-state index contributed by atoms with van der Waals surface area (Å²) in [6, 6.07) is 0. The zero-order chi connectivity index (χ0) is 5.11. The van der Waals surface area contributed by atoms with Gasteiger partial charge in [0, 0.05) is 44.3 Å². The average Bonchev–Trinajstić information content (AvgIpc) is 1.69. The zero-order valence-corrected chi connectivity index (χ0v) is 9.40.